The van der Waals surface area contributed by atoms with Crippen LogP contribution in [0.5, 0.6) is 0 Å². The highest BCUT2D eigenvalue weighted by molar-refractivity contribution is 6.30. The van der Waals surface area contributed by atoms with E-state index in [2.05, 4.69) is 0 Å². The number of likely N-dealkylation sites (tertiary alicyclic amines) is 1. The van der Waals surface area contributed by atoms with Crippen LogP contribution in [0.15, 0.2) is 18.2 Å². The van der Waals surface area contributed by atoms with Gasteiger partial charge in [-0.1, -0.05) is 11.6 Å². The molecule has 1 aromatic carbocycles. The lowest BCUT2D eigenvalue weighted by molar-refractivity contribution is -0.137. The summed E-state index contributed by atoms with van der Waals surface area (Å²) in [4.78, 5) is 25.1. The Balaban J connectivity index is 2.03. The molecule has 1 aromatic rings. The van der Waals surface area contributed by atoms with Crippen LogP contribution in [0.25, 0.3) is 0 Å². The van der Waals surface area contributed by atoms with Gasteiger partial charge in [-0.25, -0.2) is 0 Å². The topological polar surface area (TPSA) is 57.6 Å². The number of rotatable bonds is 4. The molecule has 1 aliphatic heterocycles. The Morgan fingerprint density at radius 3 is 2.86 bits per heavy atom. The van der Waals surface area contributed by atoms with Crippen LogP contribution < -0.4 is 0 Å². The number of hydrogen-bond donors (Lipinski definition) is 1. The SMILES string of the molecule is Cc1cc(Cl)ccc1C(=O)N1CCCC(CCC(=O)O)C1. The number of nitrogens with zero attached hydrogens (tertiary/aromatic N) is 1. The second-order valence-corrected chi connectivity index (χ2v) is 6.09. The van der Waals surface area contributed by atoms with Gasteiger partial charge in [-0.15, -0.1) is 0 Å². The maximum atomic E-state index is 12.6. The molecule has 2 rings (SSSR count). The first-order valence-electron chi connectivity index (χ1n) is 7.24. The molecule has 114 valence electrons. The molecule has 1 heterocycles. The zero-order valence-electron chi connectivity index (χ0n) is 12.1. The molecule has 0 spiro atoms. The van der Waals surface area contributed by atoms with Crippen LogP contribution in [0, 0.1) is 12.8 Å². The van der Waals surface area contributed by atoms with Crippen molar-refractivity contribution in [1.82, 2.24) is 4.90 Å². The summed E-state index contributed by atoms with van der Waals surface area (Å²) in [6.45, 7) is 3.27. The van der Waals surface area contributed by atoms with E-state index in [4.69, 9.17) is 16.7 Å². The van der Waals surface area contributed by atoms with Gasteiger partial charge in [-0.2, -0.15) is 0 Å². The number of carbonyl (C=O) groups is 2. The van der Waals surface area contributed by atoms with Crippen LogP contribution >= 0.6 is 11.6 Å². The third-order valence-corrected chi connectivity index (χ3v) is 4.23. The summed E-state index contributed by atoms with van der Waals surface area (Å²) in [5.74, 6) is -0.470. The lowest BCUT2D eigenvalue weighted by Crippen LogP contribution is -2.40. The standard InChI is InChI=1S/C16H20ClNO3/c1-11-9-13(17)5-6-14(11)16(21)18-8-2-3-12(10-18)4-7-15(19)20/h5-6,9,12H,2-4,7-8,10H2,1H3,(H,19,20). The van der Waals surface area contributed by atoms with Gasteiger partial charge in [0.25, 0.3) is 5.91 Å². The van der Waals surface area contributed by atoms with Crippen LogP contribution in [0.4, 0.5) is 0 Å². The lowest BCUT2D eigenvalue weighted by atomic mass is 9.92. The minimum Gasteiger partial charge on any atom is -0.481 e. The fourth-order valence-electron chi connectivity index (χ4n) is 2.85. The summed E-state index contributed by atoms with van der Waals surface area (Å²) in [6, 6.07) is 5.29. The first-order chi connectivity index (χ1) is 9.97. The van der Waals surface area contributed by atoms with Crippen LogP contribution in [-0.2, 0) is 4.79 Å². The first-order valence-corrected chi connectivity index (χ1v) is 7.62. The van der Waals surface area contributed by atoms with Crippen molar-refractivity contribution in [1.29, 1.82) is 0 Å². The number of halogens is 1. The monoisotopic (exact) mass is 309 g/mol. The molecule has 1 fully saturated rings. The molecule has 1 amide bonds. The maximum Gasteiger partial charge on any atom is 0.303 e. The first kappa shape index (κ1) is 15.8. The molecular formula is C16H20ClNO3. The number of piperidine rings is 1. The van der Waals surface area contributed by atoms with E-state index in [1.165, 1.54) is 0 Å². The highest BCUT2D eigenvalue weighted by Crippen LogP contribution is 2.24. The number of carboxylic acid groups (broad SMARTS) is 1. The van der Waals surface area contributed by atoms with E-state index in [1.807, 2.05) is 11.8 Å². The minimum absolute atomic E-state index is 0.0178. The van der Waals surface area contributed by atoms with Gasteiger partial charge in [-0.3, -0.25) is 9.59 Å². The van der Waals surface area contributed by atoms with E-state index in [0.29, 0.717) is 23.6 Å². The molecular weight excluding hydrogens is 290 g/mol. The quantitative estimate of drug-likeness (QED) is 0.927. The van der Waals surface area contributed by atoms with Gasteiger partial charge in [0.05, 0.1) is 0 Å². The summed E-state index contributed by atoms with van der Waals surface area (Å²) in [5.41, 5.74) is 1.55. The Kier molecular flexibility index (Phi) is 5.23. The number of hydrogen-bond acceptors (Lipinski definition) is 2. The van der Waals surface area contributed by atoms with Crippen molar-refractivity contribution >= 4 is 23.5 Å². The van der Waals surface area contributed by atoms with Gasteiger partial charge in [0.15, 0.2) is 0 Å². The second kappa shape index (κ2) is 6.94. The minimum atomic E-state index is -0.771. The highest BCUT2D eigenvalue weighted by atomic mass is 35.5. The van der Waals surface area contributed by atoms with E-state index in [-0.39, 0.29) is 18.2 Å². The molecule has 0 saturated carbocycles. The van der Waals surface area contributed by atoms with E-state index in [0.717, 1.165) is 24.9 Å². The summed E-state index contributed by atoms with van der Waals surface area (Å²) in [7, 11) is 0. The van der Waals surface area contributed by atoms with E-state index >= 15 is 0 Å². The summed E-state index contributed by atoms with van der Waals surface area (Å²) < 4.78 is 0. The van der Waals surface area contributed by atoms with Crippen molar-refractivity contribution in [2.75, 3.05) is 13.1 Å². The molecule has 1 aliphatic rings. The van der Waals surface area contributed by atoms with Crippen molar-refractivity contribution < 1.29 is 14.7 Å². The van der Waals surface area contributed by atoms with Crippen molar-refractivity contribution in [2.45, 2.75) is 32.6 Å². The predicted molar refractivity (Wildman–Crippen MR) is 81.7 cm³/mol. The Labute approximate surface area is 129 Å². The molecule has 0 bridgehead atoms. The molecule has 21 heavy (non-hydrogen) atoms. The largest absolute Gasteiger partial charge is 0.481 e. The van der Waals surface area contributed by atoms with Crippen molar-refractivity contribution in [3.8, 4) is 0 Å². The third-order valence-electron chi connectivity index (χ3n) is 3.99. The van der Waals surface area contributed by atoms with Crippen molar-refractivity contribution in [2.24, 2.45) is 5.92 Å². The second-order valence-electron chi connectivity index (χ2n) is 5.65. The van der Waals surface area contributed by atoms with Crippen LogP contribution in [0.2, 0.25) is 5.02 Å². The Morgan fingerprint density at radius 1 is 1.43 bits per heavy atom. The number of carboxylic acids is 1. The van der Waals surface area contributed by atoms with Gasteiger partial charge in [0.2, 0.25) is 0 Å². The Hall–Kier alpha value is -1.55. The number of carbonyl (C=O) groups excluding carboxylic acids is 1. The van der Waals surface area contributed by atoms with E-state index < -0.39 is 5.97 Å². The average molecular weight is 310 g/mol. The summed E-state index contributed by atoms with van der Waals surface area (Å²) in [5, 5.41) is 9.39. The molecule has 1 atom stereocenters. The highest BCUT2D eigenvalue weighted by Gasteiger charge is 2.25. The Morgan fingerprint density at radius 2 is 2.19 bits per heavy atom. The number of aryl methyl sites for hydroxylation is 1. The molecule has 0 radical (unpaired) electrons. The number of benzene rings is 1. The third kappa shape index (κ3) is 4.21. The molecule has 5 heteroatoms. The van der Waals surface area contributed by atoms with E-state index in [1.54, 1.807) is 18.2 Å². The van der Waals surface area contributed by atoms with Crippen LogP contribution in [0.3, 0.4) is 0 Å². The van der Waals surface area contributed by atoms with Crippen LogP contribution in [-0.4, -0.2) is 35.0 Å². The van der Waals surface area contributed by atoms with Gasteiger partial charge >= 0.3 is 5.97 Å². The fourth-order valence-corrected chi connectivity index (χ4v) is 3.08. The number of aliphatic carboxylic acids is 1. The zero-order valence-corrected chi connectivity index (χ0v) is 12.9. The van der Waals surface area contributed by atoms with Gasteiger partial charge in [0, 0.05) is 30.1 Å². The molecule has 0 aliphatic carbocycles. The predicted octanol–water partition coefficient (Wildman–Crippen LogP) is 3.37. The molecule has 4 nitrogen and oxygen atoms in total. The Bertz CT molecular complexity index is 544. The molecule has 1 saturated heterocycles. The average Bonchev–Trinajstić information content (AvgIpc) is 2.45. The smallest absolute Gasteiger partial charge is 0.303 e. The summed E-state index contributed by atoms with van der Waals surface area (Å²) >= 11 is 5.92. The zero-order chi connectivity index (χ0) is 15.4. The van der Waals surface area contributed by atoms with Crippen LogP contribution in [0.1, 0.15) is 41.6 Å². The van der Waals surface area contributed by atoms with Crippen molar-refractivity contribution in [3.05, 3.63) is 34.3 Å². The fraction of sp³-hybridized carbons (Fsp3) is 0.500. The van der Waals surface area contributed by atoms with E-state index in [9.17, 15) is 9.59 Å². The lowest BCUT2D eigenvalue weighted by Gasteiger charge is -2.33. The number of amides is 1. The van der Waals surface area contributed by atoms with Gasteiger partial charge in [0.1, 0.15) is 0 Å². The molecule has 0 aromatic heterocycles. The van der Waals surface area contributed by atoms with Crippen molar-refractivity contribution in [3.63, 3.8) is 0 Å². The molecule has 1 N–H and O–H groups in total. The maximum absolute atomic E-state index is 12.6. The normalized spacial score (nSPS) is 18.6. The van der Waals surface area contributed by atoms with Gasteiger partial charge < -0.3 is 10.0 Å². The summed E-state index contributed by atoms with van der Waals surface area (Å²) in [6.07, 6.45) is 2.74. The molecule has 1 unspecified atom stereocenters. The van der Waals surface area contributed by atoms with Gasteiger partial charge in [-0.05, 0) is 55.9 Å².